The third-order valence-electron chi connectivity index (χ3n) is 2.73. The fourth-order valence-corrected chi connectivity index (χ4v) is 2.24. The number of amides is 1. The van der Waals surface area contributed by atoms with Crippen LogP contribution in [0.15, 0.2) is 46.9 Å². The molecule has 0 saturated carbocycles. The molecule has 0 bridgehead atoms. The summed E-state index contributed by atoms with van der Waals surface area (Å²) in [4.78, 5) is 12.1. The van der Waals surface area contributed by atoms with Crippen LogP contribution >= 0.6 is 15.9 Å². The maximum Gasteiger partial charge on any atom is 0.253 e. The van der Waals surface area contributed by atoms with E-state index >= 15 is 0 Å². The quantitative estimate of drug-likeness (QED) is 0.750. The Morgan fingerprint density at radius 3 is 2.75 bits per heavy atom. The zero-order chi connectivity index (χ0) is 14.5. The molecule has 2 rings (SSSR count). The van der Waals surface area contributed by atoms with Gasteiger partial charge in [-0.3, -0.25) is 4.79 Å². The molecule has 4 nitrogen and oxygen atoms in total. The molecular weight excluding hydrogens is 318 g/mol. The molecule has 0 radical (unpaired) electrons. The minimum absolute atomic E-state index is 0.141. The van der Waals surface area contributed by atoms with Gasteiger partial charge in [-0.15, -0.1) is 0 Å². The molecular formula is C15H16BrN3O. The fraction of sp³-hybridized carbons (Fsp3) is 0.133. The highest BCUT2D eigenvalue weighted by Crippen LogP contribution is 2.25. The molecule has 2 aromatic carbocycles. The van der Waals surface area contributed by atoms with Gasteiger partial charge in [0.25, 0.3) is 5.91 Å². The van der Waals surface area contributed by atoms with Gasteiger partial charge >= 0.3 is 0 Å². The molecule has 0 heterocycles. The lowest BCUT2D eigenvalue weighted by Crippen LogP contribution is -2.23. The molecule has 0 saturated heterocycles. The standard InChI is InChI=1S/C15H16BrN3O/c1-2-18-15(20)13-9-11(17)6-7-14(13)19-12-5-3-4-10(16)8-12/h3-9,19H,2,17H2,1H3,(H,18,20). The normalized spacial score (nSPS) is 10.1. The first-order chi connectivity index (χ1) is 9.60. The summed E-state index contributed by atoms with van der Waals surface area (Å²) in [5.74, 6) is -0.141. The van der Waals surface area contributed by atoms with Crippen molar-refractivity contribution < 1.29 is 4.79 Å². The van der Waals surface area contributed by atoms with Crippen molar-refractivity contribution in [3.8, 4) is 0 Å². The van der Waals surface area contributed by atoms with E-state index in [1.165, 1.54) is 0 Å². The first kappa shape index (κ1) is 14.4. The predicted octanol–water partition coefficient (Wildman–Crippen LogP) is 3.52. The van der Waals surface area contributed by atoms with Gasteiger partial charge in [0.2, 0.25) is 0 Å². The third-order valence-corrected chi connectivity index (χ3v) is 3.22. The van der Waals surface area contributed by atoms with Crippen molar-refractivity contribution >= 4 is 38.9 Å². The maximum atomic E-state index is 12.1. The smallest absolute Gasteiger partial charge is 0.253 e. The van der Waals surface area contributed by atoms with Gasteiger partial charge in [-0.2, -0.15) is 0 Å². The lowest BCUT2D eigenvalue weighted by Gasteiger charge is -2.13. The summed E-state index contributed by atoms with van der Waals surface area (Å²) in [5, 5.41) is 6.02. The molecule has 0 aliphatic rings. The molecule has 0 aliphatic heterocycles. The Morgan fingerprint density at radius 2 is 2.05 bits per heavy atom. The molecule has 0 spiro atoms. The van der Waals surface area contributed by atoms with E-state index in [0.717, 1.165) is 15.8 Å². The van der Waals surface area contributed by atoms with Gasteiger partial charge in [0.15, 0.2) is 0 Å². The summed E-state index contributed by atoms with van der Waals surface area (Å²) in [7, 11) is 0. The number of benzene rings is 2. The van der Waals surface area contributed by atoms with E-state index in [2.05, 4.69) is 26.6 Å². The van der Waals surface area contributed by atoms with Crippen LogP contribution < -0.4 is 16.4 Å². The van der Waals surface area contributed by atoms with E-state index in [1.807, 2.05) is 31.2 Å². The van der Waals surface area contributed by atoms with Crippen molar-refractivity contribution in [3.63, 3.8) is 0 Å². The van der Waals surface area contributed by atoms with Crippen LogP contribution in [0.4, 0.5) is 17.1 Å². The molecule has 0 unspecified atom stereocenters. The van der Waals surface area contributed by atoms with Gasteiger partial charge in [0.1, 0.15) is 0 Å². The van der Waals surface area contributed by atoms with Gasteiger partial charge in [-0.05, 0) is 43.3 Å². The van der Waals surface area contributed by atoms with Gasteiger partial charge in [0, 0.05) is 22.4 Å². The topological polar surface area (TPSA) is 67.2 Å². The van der Waals surface area contributed by atoms with Gasteiger partial charge < -0.3 is 16.4 Å². The Bertz CT molecular complexity index is 628. The highest BCUT2D eigenvalue weighted by atomic mass is 79.9. The zero-order valence-corrected chi connectivity index (χ0v) is 12.7. The lowest BCUT2D eigenvalue weighted by molar-refractivity contribution is 0.0956. The lowest BCUT2D eigenvalue weighted by atomic mass is 10.1. The van der Waals surface area contributed by atoms with Crippen molar-refractivity contribution in [2.45, 2.75) is 6.92 Å². The Morgan fingerprint density at radius 1 is 1.25 bits per heavy atom. The predicted molar refractivity (Wildman–Crippen MR) is 86.3 cm³/mol. The summed E-state index contributed by atoms with van der Waals surface area (Å²) in [6.07, 6.45) is 0. The van der Waals surface area contributed by atoms with Crippen molar-refractivity contribution in [1.29, 1.82) is 0 Å². The second kappa shape index (κ2) is 6.43. The third kappa shape index (κ3) is 3.51. The number of halogens is 1. The molecule has 5 heteroatoms. The van der Waals surface area contributed by atoms with Crippen LogP contribution in [0.1, 0.15) is 17.3 Å². The summed E-state index contributed by atoms with van der Waals surface area (Å²) in [5.41, 5.74) is 8.48. The van der Waals surface area contributed by atoms with Crippen LogP contribution in [0, 0.1) is 0 Å². The number of carbonyl (C=O) groups excluding carboxylic acids is 1. The zero-order valence-electron chi connectivity index (χ0n) is 11.1. The Hall–Kier alpha value is -2.01. The van der Waals surface area contributed by atoms with Gasteiger partial charge in [0.05, 0.1) is 11.3 Å². The maximum absolute atomic E-state index is 12.1. The molecule has 0 fully saturated rings. The average molecular weight is 334 g/mol. The van der Waals surface area contributed by atoms with E-state index in [4.69, 9.17) is 5.73 Å². The Labute approximate surface area is 126 Å². The Balaban J connectivity index is 2.33. The number of rotatable bonds is 4. The number of hydrogen-bond donors (Lipinski definition) is 3. The van der Waals surface area contributed by atoms with Crippen LogP contribution in [-0.4, -0.2) is 12.5 Å². The van der Waals surface area contributed by atoms with Gasteiger partial charge in [-0.25, -0.2) is 0 Å². The van der Waals surface area contributed by atoms with Crippen molar-refractivity contribution in [2.75, 3.05) is 17.6 Å². The number of nitrogen functional groups attached to an aromatic ring is 1. The van der Waals surface area contributed by atoms with Crippen molar-refractivity contribution in [1.82, 2.24) is 5.32 Å². The molecule has 0 atom stereocenters. The number of nitrogens with one attached hydrogen (secondary N) is 2. The molecule has 2 aromatic rings. The Kier molecular flexibility index (Phi) is 4.63. The molecule has 0 aromatic heterocycles. The number of nitrogens with two attached hydrogens (primary N) is 1. The minimum Gasteiger partial charge on any atom is -0.399 e. The number of carbonyl (C=O) groups is 1. The summed E-state index contributed by atoms with van der Waals surface area (Å²) < 4.78 is 0.970. The summed E-state index contributed by atoms with van der Waals surface area (Å²) >= 11 is 3.42. The van der Waals surface area contributed by atoms with Crippen LogP contribution in [0.2, 0.25) is 0 Å². The second-order valence-electron chi connectivity index (χ2n) is 4.30. The largest absolute Gasteiger partial charge is 0.399 e. The van der Waals surface area contributed by atoms with Crippen LogP contribution in [0.3, 0.4) is 0 Å². The molecule has 1 amide bonds. The highest BCUT2D eigenvalue weighted by Gasteiger charge is 2.11. The van der Waals surface area contributed by atoms with Crippen molar-refractivity contribution in [3.05, 3.63) is 52.5 Å². The number of anilines is 3. The fourth-order valence-electron chi connectivity index (χ4n) is 1.84. The molecule has 0 aliphatic carbocycles. The molecule has 20 heavy (non-hydrogen) atoms. The first-order valence-electron chi connectivity index (χ1n) is 6.30. The highest BCUT2D eigenvalue weighted by molar-refractivity contribution is 9.10. The van der Waals surface area contributed by atoms with E-state index in [9.17, 15) is 4.79 Å². The van der Waals surface area contributed by atoms with Crippen LogP contribution in [0.25, 0.3) is 0 Å². The SMILES string of the molecule is CCNC(=O)c1cc(N)ccc1Nc1cccc(Br)c1. The van der Waals surface area contributed by atoms with E-state index in [0.29, 0.717) is 17.8 Å². The second-order valence-corrected chi connectivity index (χ2v) is 5.22. The van der Waals surface area contributed by atoms with Crippen LogP contribution in [0.5, 0.6) is 0 Å². The first-order valence-corrected chi connectivity index (χ1v) is 7.09. The number of hydrogen-bond acceptors (Lipinski definition) is 3. The minimum atomic E-state index is -0.141. The van der Waals surface area contributed by atoms with E-state index < -0.39 is 0 Å². The average Bonchev–Trinajstić information content (AvgIpc) is 2.41. The van der Waals surface area contributed by atoms with Gasteiger partial charge in [-0.1, -0.05) is 22.0 Å². The van der Waals surface area contributed by atoms with Crippen LogP contribution in [-0.2, 0) is 0 Å². The van der Waals surface area contributed by atoms with E-state index in [-0.39, 0.29) is 5.91 Å². The molecule has 4 N–H and O–H groups in total. The monoisotopic (exact) mass is 333 g/mol. The van der Waals surface area contributed by atoms with Crippen molar-refractivity contribution in [2.24, 2.45) is 0 Å². The van der Waals surface area contributed by atoms with E-state index in [1.54, 1.807) is 18.2 Å². The summed E-state index contributed by atoms with van der Waals surface area (Å²) in [6.45, 7) is 2.45. The molecule has 104 valence electrons. The summed E-state index contributed by atoms with van der Waals surface area (Å²) in [6, 6.07) is 13.0.